The van der Waals surface area contributed by atoms with Gasteiger partial charge in [-0.3, -0.25) is 9.78 Å². The van der Waals surface area contributed by atoms with Crippen LogP contribution in [0.2, 0.25) is 0 Å². The van der Waals surface area contributed by atoms with Crippen LogP contribution in [0, 0.1) is 5.82 Å². The average Bonchev–Trinajstić information content (AvgIpc) is 2.18. The van der Waals surface area contributed by atoms with Crippen LogP contribution in [0.3, 0.4) is 0 Å². The van der Waals surface area contributed by atoms with Crippen LogP contribution in [0.25, 0.3) is 10.9 Å². The highest BCUT2D eigenvalue weighted by atomic mass is 19.4. The maximum Gasteiger partial charge on any atom is 0.449 e. The van der Waals surface area contributed by atoms with Crippen molar-refractivity contribution in [1.82, 2.24) is 15.0 Å². The summed E-state index contributed by atoms with van der Waals surface area (Å²) in [6, 6.07) is 0. The molecule has 0 unspecified atom stereocenters. The molecule has 8 heteroatoms. The van der Waals surface area contributed by atoms with Crippen molar-refractivity contribution in [2.45, 2.75) is 6.18 Å². The Bertz CT molecular complexity index is 604. The molecule has 2 rings (SSSR count). The molecular weight excluding hydrogens is 230 g/mol. The van der Waals surface area contributed by atoms with E-state index in [1.54, 1.807) is 0 Å². The van der Waals surface area contributed by atoms with Crippen LogP contribution in [0.15, 0.2) is 17.2 Å². The van der Waals surface area contributed by atoms with Crippen molar-refractivity contribution in [3.05, 3.63) is 34.4 Å². The van der Waals surface area contributed by atoms with E-state index < -0.39 is 28.9 Å². The molecule has 0 amide bonds. The minimum Gasteiger partial charge on any atom is -0.302 e. The van der Waals surface area contributed by atoms with E-state index in [1.807, 2.05) is 0 Å². The fourth-order valence-electron chi connectivity index (χ4n) is 1.16. The number of rotatable bonds is 0. The van der Waals surface area contributed by atoms with Gasteiger partial charge in [-0.15, -0.1) is 0 Å². The van der Waals surface area contributed by atoms with E-state index in [9.17, 15) is 22.4 Å². The molecule has 2 aromatic heterocycles. The summed E-state index contributed by atoms with van der Waals surface area (Å²) >= 11 is 0. The minimum absolute atomic E-state index is 0.326. The topological polar surface area (TPSA) is 58.6 Å². The third kappa shape index (κ3) is 1.62. The Morgan fingerprint density at radius 1 is 1.25 bits per heavy atom. The van der Waals surface area contributed by atoms with Gasteiger partial charge in [0.1, 0.15) is 5.52 Å². The Balaban J connectivity index is 2.86. The van der Waals surface area contributed by atoms with Crippen LogP contribution in [-0.2, 0) is 6.18 Å². The Kier molecular flexibility index (Phi) is 2.14. The van der Waals surface area contributed by atoms with Gasteiger partial charge in [-0.05, 0) is 0 Å². The number of hydrogen-bond acceptors (Lipinski definition) is 3. The van der Waals surface area contributed by atoms with Crippen molar-refractivity contribution >= 4 is 10.9 Å². The van der Waals surface area contributed by atoms with Crippen LogP contribution >= 0.6 is 0 Å². The number of hydrogen-bond donors (Lipinski definition) is 1. The van der Waals surface area contributed by atoms with Gasteiger partial charge in [0.25, 0.3) is 5.56 Å². The van der Waals surface area contributed by atoms with Crippen LogP contribution in [0.5, 0.6) is 0 Å². The maximum atomic E-state index is 13.1. The van der Waals surface area contributed by atoms with E-state index in [4.69, 9.17) is 0 Å². The van der Waals surface area contributed by atoms with Gasteiger partial charge in [0, 0.05) is 6.20 Å². The van der Waals surface area contributed by atoms with Crippen molar-refractivity contribution in [3.63, 3.8) is 0 Å². The van der Waals surface area contributed by atoms with Gasteiger partial charge in [0.05, 0.1) is 11.6 Å². The number of aromatic amines is 1. The molecule has 0 aliphatic carbocycles. The zero-order valence-corrected chi connectivity index (χ0v) is 7.47. The van der Waals surface area contributed by atoms with E-state index in [0.29, 0.717) is 6.20 Å². The third-order valence-corrected chi connectivity index (χ3v) is 1.84. The number of H-pyrrole nitrogens is 1. The lowest BCUT2D eigenvalue weighted by atomic mass is 10.3. The highest BCUT2D eigenvalue weighted by molar-refractivity contribution is 5.76. The molecule has 16 heavy (non-hydrogen) atoms. The molecule has 0 radical (unpaired) electrons. The van der Waals surface area contributed by atoms with Gasteiger partial charge >= 0.3 is 6.18 Å². The van der Waals surface area contributed by atoms with Gasteiger partial charge in [-0.2, -0.15) is 13.2 Å². The molecule has 0 spiro atoms. The molecule has 0 bridgehead atoms. The summed E-state index contributed by atoms with van der Waals surface area (Å²) in [5.74, 6) is -2.61. The second-order valence-corrected chi connectivity index (χ2v) is 2.93. The molecule has 0 aliphatic rings. The molecule has 1 N–H and O–H groups in total. The Morgan fingerprint density at radius 3 is 2.56 bits per heavy atom. The summed E-state index contributed by atoms with van der Waals surface area (Å²) < 4.78 is 49.9. The Morgan fingerprint density at radius 2 is 1.94 bits per heavy atom. The summed E-state index contributed by atoms with van der Waals surface area (Å²) in [7, 11) is 0. The number of nitrogens with zero attached hydrogens (tertiary/aromatic N) is 2. The molecule has 0 atom stereocenters. The Hall–Kier alpha value is -1.99. The molecular formula is C8H3F4N3O. The molecule has 0 aromatic carbocycles. The van der Waals surface area contributed by atoms with E-state index in [2.05, 4.69) is 9.97 Å². The predicted molar refractivity (Wildman–Crippen MR) is 45.1 cm³/mol. The van der Waals surface area contributed by atoms with Crippen molar-refractivity contribution in [3.8, 4) is 0 Å². The SMILES string of the molecule is O=c1[nH]c(C(F)(F)F)nc2c(F)cncc12. The van der Waals surface area contributed by atoms with Crippen LogP contribution in [0.1, 0.15) is 5.82 Å². The summed E-state index contributed by atoms with van der Waals surface area (Å²) in [5, 5.41) is -0.326. The van der Waals surface area contributed by atoms with Crippen molar-refractivity contribution < 1.29 is 17.6 Å². The lowest BCUT2D eigenvalue weighted by Gasteiger charge is -2.05. The van der Waals surface area contributed by atoms with Crippen molar-refractivity contribution in [2.75, 3.05) is 0 Å². The highest BCUT2D eigenvalue weighted by Crippen LogP contribution is 2.26. The summed E-state index contributed by atoms with van der Waals surface area (Å²) in [4.78, 5) is 19.1. The standard InChI is InChI=1S/C8H3F4N3O/c9-4-2-13-1-3-5(4)14-7(8(10,11)12)15-6(3)16/h1-2H,(H,14,15,16). The molecule has 0 fully saturated rings. The summed E-state index contributed by atoms with van der Waals surface area (Å²) in [5.41, 5.74) is -1.73. The summed E-state index contributed by atoms with van der Waals surface area (Å²) in [6.45, 7) is 0. The number of fused-ring (bicyclic) bond motifs is 1. The number of halogens is 4. The first kappa shape index (κ1) is 10.5. The average molecular weight is 233 g/mol. The van der Waals surface area contributed by atoms with Crippen molar-refractivity contribution in [2.24, 2.45) is 0 Å². The zero-order valence-electron chi connectivity index (χ0n) is 7.47. The number of aromatic nitrogens is 3. The van der Waals surface area contributed by atoms with Gasteiger partial charge in [-0.25, -0.2) is 9.37 Å². The van der Waals surface area contributed by atoms with Crippen LogP contribution in [-0.4, -0.2) is 15.0 Å². The number of alkyl halides is 3. The van der Waals surface area contributed by atoms with Crippen LogP contribution < -0.4 is 5.56 Å². The molecule has 0 aliphatic heterocycles. The second-order valence-electron chi connectivity index (χ2n) is 2.93. The lowest BCUT2D eigenvalue weighted by molar-refractivity contribution is -0.144. The summed E-state index contributed by atoms with van der Waals surface area (Å²) in [6.07, 6.45) is -3.19. The van der Waals surface area contributed by atoms with E-state index in [-0.39, 0.29) is 5.39 Å². The smallest absolute Gasteiger partial charge is 0.302 e. The molecule has 0 saturated carbocycles. The van der Waals surface area contributed by atoms with E-state index in [0.717, 1.165) is 6.20 Å². The molecule has 2 heterocycles. The Labute approximate surface area is 85.0 Å². The number of pyridine rings is 1. The third-order valence-electron chi connectivity index (χ3n) is 1.84. The second kappa shape index (κ2) is 3.26. The highest BCUT2D eigenvalue weighted by Gasteiger charge is 2.34. The predicted octanol–water partition coefficient (Wildman–Crippen LogP) is 1.48. The fraction of sp³-hybridized carbons (Fsp3) is 0.125. The van der Waals surface area contributed by atoms with E-state index in [1.165, 1.54) is 4.98 Å². The first-order chi connectivity index (χ1) is 7.39. The molecule has 0 saturated heterocycles. The quantitative estimate of drug-likeness (QED) is 0.701. The molecule has 84 valence electrons. The van der Waals surface area contributed by atoms with E-state index >= 15 is 0 Å². The van der Waals surface area contributed by atoms with Gasteiger partial charge < -0.3 is 4.98 Å². The first-order valence-electron chi connectivity index (χ1n) is 4.00. The fourth-order valence-corrected chi connectivity index (χ4v) is 1.16. The largest absolute Gasteiger partial charge is 0.449 e. The van der Waals surface area contributed by atoms with Gasteiger partial charge in [0.2, 0.25) is 5.82 Å². The van der Waals surface area contributed by atoms with Gasteiger partial charge in [0.15, 0.2) is 5.82 Å². The first-order valence-corrected chi connectivity index (χ1v) is 4.00. The van der Waals surface area contributed by atoms with Gasteiger partial charge in [-0.1, -0.05) is 0 Å². The number of nitrogens with one attached hydrogen (secondary N) is 1. The maximum absolute atomic E-state index is 13.1. The normalized spacial score (nSPS) is 12.0. The van der Waals surface area contributed by atoms with Crippen molar-refractivity contribution in [1.29, 1.82) is 0 Å². The lowest BCUT2D eigenvalue weighted by Crippen LogP contribution is -2.19. The monoisotopic (exact) mass is 233 g/mol. The van der Waals surface area contributed by atoms with Crippen LogP contribution in [0.4, 0.5) is 17.6 Å². The minimum atomic E-state index is -4.83. The zero-order chi connectivity index (χ0) is 11.9. The molecule has 2 aromatic rings. The molecule has 4 nitrogen and oxygen atoms in total.